The van der Waals surface area contributed by atoms with E-state index in [1.54, 1.807) is 0 Å². The zero-order valence-corrected chi connectivity index (χ0v) is 17.8. The molecule has 2 heteroatoms. The van der Waals surface area contributed by atoms with Gasteiger partial charge in [0, 0.05) is 31.3 Å². The Labute approximate surface area is 184 Å². The minimum atomic E-state index is 0.871. The topological polar surface area (TPSA) is 13.1 Å². The van der Waals surface area contributed by atoms with Crippen molar-refractivity contribution in [2.75, 3.05) is 0 Å². The Morgan fingerprint density at radius 2 is 1.55 bits per heavy atom. The summed E-state index contributed by atoms with van der Waals surface area (Å²) >= 11 is 1.86. The number of benzene rings is 4. The standard InChI is InChI=1S/C29H20OS/c1-2-9-19-10-7-11-20(18-19)29-28(22-13-4-6-17-26(22)31-29)23-14-8-16-25-27(23)21-12-3-5-15-24(21)30-25/h2-8,10-18H,1,9H2. The van der Waals surface area contributed by atoms with Crippen molar-refractivity contribution in [1.29, 1.82) is 0 Å². The average Bonchev–Trinajstić information content (AvgIpc) is 3.38. The lowest BCUT2D eigenvalue weighted by atomic mass is 9.94. The number of allylic oxidation sites excluding steroid dienone is 1. The van der Waals surface area contributed by atoms with E-state index in [0.29, 0.717) is 0 Å². The van der Waals surface area contributed by atoms with Crippen molar-refractivity contribution in [2.45, 2.75) is 6.42 Å². The second kappa shape index (κ2) is 7.26. The van der Waals surface area contributed by atoms with Crippen LogP contribution < -0.4 is 0 Å². The molecule has 0 spiro atoms. The third-order valence-electron chi connectivity index (χ3n) is 5.84. The van der Waals surface area contributed by atoms with Gasteiger partial charge in [-0.15, -0.1) is 17.9 Å². The van der Waals surface area contributed by atoms with E-state index in [-0.39, 0.29) is 0 Å². The van der Waals surface area contributed by atoms with E-state index in [4.69, 9.17) is 4.42 Å². The van der Waals surface area contributed by atoms with Crippen molar-refractivity contribution in [1.82, 2.24) is 0 Å². The highest BCUT2D eigenvalue weighted by Crippen LogP contribution is 2.48. The summed E-state index contributed by atoms with van der Waals surface area (Å²) in [7, 11) is 0. The zero-order chi connectivity index (χ0) is 20.8. The van der Waals surface area contributed by atoms with E-state index in [9.17, 15) is 0 Å². The maximum atomic E-state index is 6.19. The maximum Gasteiger partial charge on any atom is 0.136 e. The van der Waals surface area contributed by atoms with E-state index in [1.165, 1.54) is 42.6 Å². The van der Waals surface area contributed by atoms with Gasteiger partial charge >= 0.3 is 0 Å². The Morgan fingerprint density at radius 1 is 0.774 bits per heavy atom. The summed E-state index contributed by atoms with van der Waals surface area (Å²) in [5, 5.41) is 3.63. The van der Waals surface area contributed by atoms with Crippen LogP contribution in [0.3, 0.4) is 0 Å². The van der Waals surface area contributed by atoms with Gasteiger partial charge in [-0.05, 0) is 41.3 Å². The van der Waals surface area contributed by atoms with Crippen molar-refractivity contribution in [2.24, 2.45) is 0 Å². The molecule has 1 nitrogen and oxygen atoms in total. The zero-order valence-electron chi connectivity index (χ0n) is 17.0. The molecule has 6 rings (SSSR count). The van der Waals surface area contributed by atoms with Crippen molar-refractivity contribution in [3.63, 3.8) is 0 Å². The largest absolute Gasteiger partial charge is 0.456 e. The molecule has 0 aliphatic rings. The molecule has 6 aromatic rings. The Morgan fingerprint density at radius 3 is 2.45 bits per heavy atom. The molecule has 4 aromatic carbocycles. The van der Waals surface area contributed by atoms with Gasteiger partial charge in [0.15, 0.2) is 0 Å². The minimum absolute atomic E-state index is 0.871. The molecule has 148 valence electrons. The summed E-state index contributed by atoms with van der Waals surface area (Å²) in [6, 6.07) is 32.2. The van der Waals surface area contributed by atoms with Crippen LogP contribution in [0, 0.1) is 0 Å². The summed E-state index contributed by atoms with van der Waals surface area (Å²) in [6.07, 6.45) is 2.83. The lowest BCUT2D eigenvalue weighted by Crippen LogP contribution is -1.85. The molecular formula is C29H20OS. The van der Waals surface area contributed by atoms with Gasteiger partial charge in [0.1, 0.15) is 11.2 Å². The lowest BCUT2D eigenvalue weighted by Gasteiger charge is -2.09. The van der Waals surface area contributed by atoms with Crippen molar-refractivity contribution in [3.8, 4) is 21.6 Å². The number of fused-ring (bicyclic) bond motifs is 4. The fraction of sp³-hybridized carbons (Fsp3) is 0.0345. The first-order valence-electron chi connectivity index (χ1n) is 10.5. The third kappa shape index (κ3) is 2.91. The molecule has 0 saturated carbocycles. The predicted octanol–water partition coefficient (Wildman–Crippen LogP) is 8.86. The molecule has 31 heavy (non-hydrogen) atoms. The summed E-state index contributed by atoms with van der Waals surface area (Å²) in [4.78, 5) is 1.30. The summed E-state index contributed by atoms with van der Waals surface area (Å²) in [6.45, 7) is 3.91. The van der Waals surface area contributed by atoms with Crippen molar-refractivity contribution in [3.05, 3.63) is 109 Å². The molecule has 0 fully saturated rings. The lowest BCUT2D eigenvalue weighted by molar-refractivity contribution is 0.669. The normalized spacial score (nSPS) is 11.5. The van der Waals surface area contributed by atoms with Gasteiger partial charge in [-0.2, -0.15) is 0 Å². The van der Waals surface area contributed by atoms with E-state index in [1.807, 2.05) is 29.5 Å². The van der Waals surface area contributed by atoms with Crippen LogP contribution in [0.15, 0.2) is 108 Å². The Balaban J connectivity index is 1.72. The second-order valence-electron chi connectivity index (χ2n) is 7.77. The average molecular weight is 417 g/mol. The first-order valence-corrected chi connectivity index (χ1v) is 11.3. The van der Waals surface area contributed by atoms with Crippen LogP contribution in [-0.4, -0.2) is 0 Å². The number of rotatable bonds is 4. The summed E-state index contributed by atoms with van der Waals surface area (Å²) in [5.41, 5.74) is 6.90. The van der Waals surface area contributed by atoms with Crippen LogP contribution in [0.2, 0.25) is 0 Å². The SMILES string of the molecule is C=CCc1cccc(-c2sc3ccccc3c2-c2cccc3oc4ccccc4c23)c1. The maximum absolute atomic E-state index is 6.19. The van der Waals surface area contributed by atoms with E-state index in [2.05, 4.69) is 85.4 Å². The fourth-order valence-electron chi connectivity index (χ4n) is 4.51. The van der Waals surface area contributed by atoms with Gasteiger partial charge in [0.2, 0.25) is 0 Å². The van der Waals surface area contributed by atoms with Crippen LogP contribution >= 0.6 is 11.3 Å². The van der Waals surface area contributed by atoms with Crippen LogP contribution in [-0.2, 0) is 6.42 Å². The highest BCUT2D eigenvalue weighted by Gasteiger charge is 2.20. The number of furan rings is 1. The minimum Gasteiger partial charge on any atom is -0.456 e. The molecule has 2 aromatic heterocycles. The molecular weight excluding hydrogens is 396 g/mol. The summed E-state index contributed by atoms with van der Waals surface area (Å²) < 4.78 is 7.49. The molecule has 2 heterocycles. The molecule has 0 atom stereocenters. The number of hydrogen-bond donors (Lipinski definition) is 0. The van der Waals surface area contributed by atoms with Crippen LogP contribution in [0.4, 0.5) is 0 Å². The van der Waals surface area contributed by atoms with Gasteiger partial charge in [0.05, 0.1) is 0 Å². The molecule has 0 unspecified atom stereocenters. The molecule has 0 radical (unpaired) electrons. The molecule has 0 aliphatic heterocycles. The van der Waals surface area contributed by atoms with E-state index < -0.39 is 0 Å². The van der Waals surface area contributed by atoms with Crippen LogP contribution in [0.1, 0.15) is 5.56 Å². The van der Waals surface area contributed by atoms with E-state index >= 15 is 0 Å². The monoisotopic (exact) mass is 416 g/mol. The van der Waals surface area contributed by atoms with Crippen molar-refractivity contribution < 1.29 is 4.42 Å². The van der Waals surface area contributed by atoms with Gasteiger partial charge in [-0.1, -0.05) is 78.9 Å². The second-order valence-corrected chi connectivity index (χ2v) is 8.82. The smallest absolute Gasteiger partial charge is 0.136 e. The molecule has 0 aliphatic carbocycles. The number of hydrogen-bond acceptors (Lipinski definition) is 2. The molecule has 0 bridgehead atoms. The molecule has 0 amide bonds. The third-order valence-corrected chi connectivity index (χ3v) is 7.06. The Kier molecular flexibility index (Phi) is 4.26. The number of para-hydroxylation sites is 1. The van der Waals surface area contributed by atoms with E-state index in [0.717, 1.165) is 23.0 Å². The van der Waals surface area contributed by atoms with Gasteiger partial charge in [0.25, 0.3) is 0 Å². The first-order chi connectivity index (χ1) is 15.3. The van der Waals surface area contributed by atoms with Crippen molar-refractivity contribution >= 4 is 43.4 Å². The highest BCUT2D eigenvalue weighted by molar-refractivity contribution is 7.23. The predicted molar refractivity (Wildman–Crippen MR) is 134 cm³/mol. The number of thiophene rings is 1. The van der Waals surface area contributed by atoms with Crippen LogP contribution in [0.5, 0.6) is 0 Å². The van der Waals surface area contributed by atoms with Gasteiger partial charge in [-0.3, -0.25) is 0 Å². The quantitative estimate of drug-likeness (QED) is 0.262. The molecule has 0 N–H and O–H groups in total. The first kappa shape index (κ1) is 18.2. The Hall–Kier alpha value is -3.62. The van der Waals surface area contributed by atoms with Gasteiger partial charge < -0.3 is 4.42 Å². The molecule has 0 saturated heterocycles. The highest BCUT2D eigenvalue weighted by atomic mass is 32.1. The Bertz CT molecular complexity index is 1580. The summed E-state index contributed by atoms with van der Waals surface area (Å²) in [5.74, 6) is 0. The van der Waals surface area contributed by atoms with Crippen LogP contribution in [0.25, 0.3) is 53.6 Å². The fourth-order valence-corrected chi connectivity index (χ4v) is 5.72. The van der Waals surface area contributed by atoms with Gasteiger partial charge in [-0.25, -0.2) is 0 Å².